The first-order valence-corrected chi connectivity index (χ1v) is 8.55. The van der Waals surface area contributed by atoms with Crippen LogP contribution in [0.4, 0.5) is 5.82 Å². The normalized spacial score (nSPS) is 22.2. The van der Waals surface area contributed by atoms with Crippen molar-refractivity contribution in [2.75, 3.05) is 29.5 Å². The van der Waals surface area contributed by atoms with Crippen molar-refractivity contribution in [2.24, 2.45) is 18.0 Å². The molecule has 1 aromatic rings. The molecule has 1 unspecified atom stereocenters. The lowest BCUT2D eigenvalue weighted by atomic mass is 10.1. The second kappa shape index (κ2) is 6.11. The average Bonchev–Trinajstić information content (AvgIpc) is 2.94. The zero-order chi connectivity index (χ0) is 14.3. The lowest BCUT2D eigenvalue weighted by Gasteiger charge is -2.33. The van der Waals surface area contributed by atoms with Gasteiger partial charge in [-0.1, -0.05) is 0 Å². The third-order valence-electron chi connectivity index (χ3n) is 3.82. The third-order valence-corrected chi connectivity index (χ3v) is 5.69. The number of anilines is 1. The van der Waals surface area contributed by atoms with Crippen LogP contribution in [0.2, 0.25) is 0 Å². The Morgan fingerprint density at radius 3 is 2.71 bits per heavy atom. The van der Waals surface area contributed by atoms with Crippen LogP contribution in [0.15, 0.2) is 17.3 Å². The molecule has 0 aliphatic carbocycles. The Morgan fingerprint density at radius 2 is 2.14 bits per heavy atom. The minimum absolute atomic E-state index is 0. The molecule has 1 fully saturated rings. The van der Waals surface area contributed by atoms with E-state index in [1.165, 1.54) is 0 Å². The number of nitrogens with zero attached hydrogens (tertiary/aromatic N) is 4. The molecule has 1 N–H and O–H groups in total. The predicted molar refractivity (Wildman–Crippen MR) is 93.0 cm³/mol. The van der Waals surface area contributed by atoms with Crippen molar-refractivity contribution < 1.29 is 8.42 Å². The average molecular weight is 425 g/mol. The highest BCUT2D eigenvalue weighted by Gasteiger charge is 2.38. The number of hydrogen-bond acceptors (Lipinski definition) is 6. The van der Waals surface area contributed by atoms with Gasteiger partial charge in [-0.2, -0.15) is 5.10 Å². The molecule has 21 heavy (non-hydrogen) atoms. The third kappa shape index (κ3) is 3.50. The fraction of sp³-hybridized carbons (Fsp3) is 0.667. The van der Waals surface area contributed by atoms with Gasteiger partial charge in [0.1, 0.15) is 0 Å². The molecule has 1 saturated heterocycles. The number of nitrogens with one attached hydrogen (secondary N) is 1. The van der Waals surface area contributed by atoms with Crippen molar-refractivity contribution in [1.82, 2.24) is 15.1 Å². The van der Waals surface area contributed by atoms with Gasteiger partial charge in [0.2, 0.25) is 0 Å². The number of aromatic nitrogens is 2. The van der Waals surface area contributed by atoms with Crippen LogP contribution >= 0.6 is 24.0 Å². The molecule has 7 nitrogen and oxygen atoms in total. The molecule has 1 atom stereocenters. The lowest BCUT2D eigenvalue weighted by molar-refractivity contribution is 0.440. The molecule has 2 aliphatic heterocycles. The van der Waals surface area contributed by atoms with Gasteiger partial charge in [0.05, 0.1) is 18.1 Å². The van der Waals surface area contributed by atoms with E-state index < -0.39 is 9.84 Å². The lowest BCUT2D eigenvalue weighted by Crippen LogP contribution is -2.52. The Bertz CT molecular complexity index is 630. The van der Waals surface area contributed by atoms with Gasteiger partial charge in [0.15, 0.2) is 21.6 Å². The van der Waals surface area contributed by atoms with E-state index in [0.29, 0.717) is 0 Å². The quantitative estimate of drug-likeness (QED) is 0.702. The van der Waals surface area contributed by atoms with Crippen molar-refractivity contribution >= 4 is 45.6 Å². The molecular weight excluding hydrogens is 405 g/mol. The smallest absolute Gasteiger partial charge is 0.200 e. The summed E-state index contributed by atoms with van der Waals surface area (Å²) in [5, 5.41) is 7.72. The predicted octanol–water partition coefficient (Wildman–Crippen LogP) is 0.237. The molecule has 2 aliphatic rings. The second-order valence-corrected chi connectivity index (χ2v) is 7.63. The van der Waals surface area contributed by atoms with Crippen LogP contribution < -0.4 is 10.2 Å². The number of rotatable bonds is 3. The maximum Gasteiger partial charge on any atom is 0.200 e. The Labute approximate surface area is 141 Å². The summed E-state index contributed by atoms with van der Waals surface area (Å²) in [6, 6.07) is 2.04. The summed E-state index contributed by atoms with van der Waals surface area (Å²) in [5.41, 5.74) is 0. The Morgan fingerprint density at radius 1 is 1.43 bits per heavy atom. The van der Waals surface area contributed by atoms with Gasteiger partial charge in [-0.15, -0.1) is 24.0 Å². The van der Waals surface area contributed by atoms with Gasteiger partial charge >= 0.3 is 0 Å². The molecule has 118 valence electrons. The molecule has 3 rings (SSSR count). The van der Waals surface area contributed by atoms with Crippen LogP contribution in [-0.4, -0.2) is 54.8 Å². The molecule has 0 bridgehead atoms. The van der Waals surface area contributed by atoms with Crippen molar-refractivity contribution in [2.45, 2.75) is 13.0 Å². The summed E-state index contributed by atoms with van der Waals surface area (Å²) in [6.45, 7) is 3.54. The summed E-state index contributed by atoms with van der Waals surface area (Å²) < 4.78 is 24.2. The maximum atomic E-state index is 11.2. The summed E-state index contributed by atoms with van der Waals surface area (Å²) >= 11 is 0. The van der Waals surface area contributed by atoms with E-state index in [4.69, 9.17) is 0 Å². The Balaban J connectivity index is 0.00000161. The van der Waals surface area contributed by atoms with Crippen LogP contribution in [0.3, 0.4) is 0 Å². The molecule has 0 amide bonds. The molecule has 0 radical (unpaired) electrons. The highest BCUT2D eigenvalue weighted by Crippen LogP contribution is 2.22. The van der Waals surface area contributed by atoms with Crippen LogP contribution in [0.25, 0.3) is 0 Å². The first kappa shape index (κ1) is 16.5. The van der Waals surface area contributed by atoms with E-state index in [-0.39, 0.29) is 47.4 Å². The fourth-order valence-electron chi connectivity index (χ4n) is 2.55. The second-order valence-electron chi connectivity index (χ2n) is 5.47. The highest BCUT2D eigenvalue weighted by molar-refractivity contribution is 14.0. The first-order chi connectivity index (χ1) is 9.44. The van der Waals surface area contributed by atoms with E-state index in [1.807, 2.05) is 31.1 Å². The van der Waals surface area contributed by atoms with E-state index in [1.54, 1.807) is 4.68 Å². The number of halogens is 1. The fourth-order valence-corrected chi connectivity index (χ4v) is 4.34. The van der Waals surface area contributed by atoms with Crippen LogP contribution in [0.5, 0.6) is 0 Å². The van der Waals surface area contributed by atoms with Gasteiger partial charge in [0.25, 0.3) is 0 Å². The Kier molecular flexibility index (Phi) is 4.81. The minimum atomic E-state index is -2.78. The molecule has 0 spiro atoms. The van der Waals surface area contributed by atoms with E-state index in [9.17, 15) is 8.42 Å². The molecule has 9 heteroatoms. The molecule has 0 aromatic carbocycles. The maximum absolute atomic E-state index is 11.2. The SMILES string of the molecule is CC(NC1=NCCN1c1ccn(C)n1)C1CS(=O)(=O)C1.I. The monoisotopic (exact) mass is 425 g/mol. The van der Waals surface area contributed by atoms with Crippen molar-refractivity contribution in [3.63, 3.8) is 0 Å². The molecular formula is C12H20IN5O2S. The molecule has 1 aromatic heterocycles. The number of hydrogen-bond donors (Lipinski definition) is 1. The first-order valence-electron chi connectivity index (χ1n) is 6.73. The number of aliphatic imine (C=N–C) groups is 1. The minimum Gasteiger partial charge on any atom is -0.353 e. The Hall–Kier alpha value is -0.840. The summed E-state index contributed by atoms with van der Waals surface area (Å²) in [7, 11) is -0.900. The van der Waals surface area contributed by atoms with Gasteiger partial charge in [0, 0.05) is 37.8 Å². The van der Waals surface area contributed by atoms with Crippen molar-refractivity contribution in [3.8, 4) is 0 Å². The highest BCUT2D eigenvalue weighted by atomic mass is 127. The molecule has 0 saturated carbocycles. The largest absolute Gasteiger partial charge is 0.353 e. The van der Waals surface area contributed by atoms with Crippen LogP contribution in [0, 0.1) is 5.92 Å². The van der Waals surface area contributed by atoms with Crippen LogP contribution in [-0.2, 0) is 16.9 Å². The van der Waals surface area contributed by atoms with Gasteiger partial charge in [-0.3, -0.25) is 14.6 Å². The summed E-state index contributed by atoms with van der Waals surface area (Å²) in [4.78, 5) is 6.48. The van der Waals surface area contributed by atoms with Crippen molar-refractivity contribution in [3.05, 3.63) is 12.3 Å². The number of guanidine groups is 1. The van der Waals surface area contributed by atoms with E-state index >= 15 is 0 Å². The number of aryl methyl sites for hydroxylation is 1. The van der Waals surface area contributed by atoms with Crippen LogP contribution in [0.1, 0.15) is 6.92 Å². The summed E-state index contributed by atoms with van der Waals surface area (Å²) in [5.74, 6) is 2.38. The van der Waals surface area contributed by atoms with Crippen molar-refractivity contribution in [1.29, 1.82) is 0 Å². The summed E-state index contributed by atoms with van der Waals surface area (Å²) in [6.07, 6.45) is 1.90. The number of sulfone groups is 1. The van der Waals surface area contributed by atoms with Gasteiger partial charge < -0.3 is 5.32 Å². The zero-order valence-electron chi connectivity index (χ0n) is 12.1. The van der Waals surface area contributed by atoms with Gasteiger partial charge in [-0.25, -0.2) is 8.42 Å². The molecule has 3 heterocycles. The van der Waals surface area contributed by atoms with E-state index in [0.717, 1.165) is 24.9 Å². The zero-order valence-corrected chi connectivity index (χ0v) is 15.2. The van der Waals surface area contributed by atoms with Gasteiger partial charge in [-0.05, 0) is 6.92 Å². The topological polar surface area (TPSA) is 79.6 Å². The standard InChI is InChI=1S/C12H19N5O2S.HI/c1-9(10-7-20(18,19)8-10)14-12-13-4-6-17(12)11-3-5-16(2)15-11;/h3,5,9-10H,4,6-8H2,1-2H3,(H,13,14);1H. The van der Waals surface area contributed by atoms with E-state index in [2.05, 4.69) is 15.4 Å².